The maximum absolute atomic E-state index is 12.2. The molecule has 10 heteroatoms. The number of nitrogens with zero attached hydrogens (tertiary/aromatic N) is 2. The smallest absolute Gasteiger partial charge is 0.326 e. The summed E-state index contributed by atoms with van der Waals surface area (Å²) >= 11 is 0. The summed E-state index contributed by atoms with van der Waals surface area (Å²) in [7, 11) is 1.54. The van der Waals surface area contributed by atoms with Gasteiger partial charge in [-0.25, -0.2) is 4.79 Å². The number of likely N-dealkylation sites (N-methyl/N-ethyl adjacent to an activating group) is 1. The molecule has 1 aromatic rings. The third kappa shape index (κ3) is 4.33. The maximum Gasteiger partial charge on any atom is 0.326 e. The minimum atomic E-state index is -1.00. The quantitative estimate of drug-likeness (QED) is 0.544. The van der Waals surface area contributed by atoms with Crippen LogP contribution in [0.3, 0.4) is 0 Å². The Morgan fingerprint density at radius 3 is 2.71 bits per heavy atom. The Hall–Kier alpha value is -3.30. The molecule has 1 aromatic carbocycles. The van der Waals surface area contributed by atoms with Gasteiger partial charge >= 0.3 is 12.0 Å². The first kappa shape index (κ1) is 19.5. The average Bonchev–Trinajstić information content (AvgIpc) is 3.20. The highest BCUT2D eigenvalue weighted by Crippen LogP contribution is 2.34. The predicted molar refractivity (Wildman–Crippen MR) is 95.7 cm³/mol. The number of rotatable bonds is 7. The summed E-state index contributed by atoms with van der Waals surface area (Å²) in [5, 5.41) is 2.64. The highest BCUT2D eigenvalue weighted by molar-refractivity contribution is 6.01. The lowest BCUT2D eigenvalue weighted by Gasteiger charge is -2.15. The largest absolute Gasteiger partial charge is 0.454 e. The zero-order chi connectivity index (χ0) is 20.3. The summed E-state index contributed by atoms with van der Waals surface area (Å²) in [4.78, 5) is 49.9. The fourth-order valence-electron chi connectivity index (χ4n) is 2.80. The molecule has 0 aromatic heterocycles. The van der Waals surface area contributed by atoms with E-state index in [9.17, 15) is 19.2 Å². The van der Waals surface area contributed by atoms with Crippen LogP contribution in [-0.4, -0.2) is 66.6 Å². The van der Waals surface area contributed by atoms with Crippen LogP contribution in [0.4, 0.5) is 10.5 Å². The molecule has 0 bridgehead atoms. The third-order valence-corrected chi connectivity index (χ3v) is 4.31. The highest BCUT2D eigenvalue weighted by atomic mass is 16.7. The van der Waals surface area contributed by atoms with E-state index >= 15 is 0 Å². The Balaban J connectivity index is 1.41. The lowest BCUT2D eigenvalue weighted by atomic mass is 10.2. The van der Waals surface area contributed by atoms with Crippen molar-refractivity contribution in [3.8, 4) is 11.5 Å². The second kappa shape index (κ2) is 8.15. The first-order valence-corrected chi connectivity index (χ1v) is 8.80. The van der Waals surface area contributed by atoms with Crippen LogP contribution >= 0.6 is 0 Å². The number of hydrogen-bond donors (Lipinski definition) is 1. The number of imide groups is 1. The molecule has 0 aliphatic carbocycles. The Morgan fingerprint density at radius 2 is 2.00 bits per heavy atom. The van der Waals surface area contributed by atoms with Gasteiger partial charge in [-0.1, -0.05) is 0 Å². The van der Waals surface area contributed by atoms with Gasteiger partial charge in [-0.05, 0) is 25.5 Å². The van der Waals surface area contributed by atoms with Crippen LogP contribution in [0.25, 0.3) is 0 Å². The maximum atomic E-state index is 12.2. The number of anilines is 1. The number of nitrogens with one attached hydrogen (secondary N) is 1. The number of esters is 1. The molecule has 2 aliphatic rings. The number of carbonyl (C=O) groups excluding carboxylic acids is 4. The van der Waals surface area contributed by atoms with E-state index in [0.717, 1.165) is 4.90 Å². The van der Waals surface area contributed by atoms with Crippen LogP contribution in [0.2, 0.25) is 0 Å². The second-order valence-electron chi connectivity index (χ2n) is 6.48. The van der Waals surface area contributed by atoms with Crippen molar-refractivity contribution in [2.75, 3.05) is 32.2 Å². The predicted octanol–water partition coefficient (Wildman–Crippen LogP) is 0.960. The van der Waals surface area contributed by atoms with E-state index in [1.807, 2.05) is 0 Å². The number of urea groups is 1. The number of ether oxygens (including phenoxy) is 3. The van der Waals surface area contributed by atoms with E-state index in [1.165, 1.54) is 18.9 Å². The fourth-order valence-corrected chi connectivity index (χ4v) is 2.80. The molecule has 2 heterocycles. The van der Waals surface area contributed by atoms with E-state index in [1.54, 1.807) is 18.2 Å². The van der Waals surface area contributed by atoms with Crippen molar-refractivity contribution in [2.45, 2.75) is 25.9 Å². The monoisotopic (exact) mass is 391 g/mol. The first-order valence-electron chi connectivity index (χ1n) is 8.80. The van der Waals surface area contributed by atoms with E-state index in [0.29, 0.717) is 17.2 Å². The minimum Gasteiger partial charge on any atom is -0.454 e. The van der Waals surface area contributed by atoms with Crippen LogP contribution < -0.4 is 14.8 Å². The van der Waals surface area contributed by atoms with Gasteiger partial charge < -0.3 is 24.4 Å². The van der Waals surface area contributed by atoms with Gasteiger partial charge in [0, 0.05) is 31.8 Å². The standard InChI is InChI=1S/C18H21N3O7/c1-11(17(24)19-12-5-6-13-14(8-12)27-10-26-13)28-16(23)4-3-7-21-15(22)9-20(2)18(21)25/h5-6,8,11H,3-4,7,9-10H2,1-2H3,(H,19,24)/t11-/m0/s1. The zero-order valence-electron chi connectivity index (χ0n) is 15.6. The van der Waals surface area contributed by atoms with E-state index in [2.05, 4.69) is 5.32 Å². The van der Waals surface area contributed by atoms with Crippen molar-refractivity contribution in [3.05, 3.63) is 18.2 Å². The Kier molecular flexibility index (Phi) is 5.67. The number of amides is 4. The number of benzene rings is 1. The molecule has 1 saturated heterocycles. The van der Waals surface area contributed by atoms with Gasteiger partial charge in [0.15, 0.2) is 17.6 Å². The van der Waals surface area contributed by atoms with Gasteiger partial charge in [-0.3, -0.25) is 19.3 Å². The van der Waals surface area contributed by atoms with Crippen LogP contribution in [-0.2, 0) is 19.1 Å². The summed E-state index contributed by atoms with van der Waals surface area (Å²) in [5.41, 5.74) is 0.493. The number of fused-ring (bicyclic) bond motifs is 1. The molecule has 0 spiro atoms. The average molecular weight is 391 g/mol. The highest BCUT2D eigenvalue weighted by Gasteiger charge is 2.33. The van der Waals surface area contributed by atoms with Gasteiger partial charge in [-0.2, -0.15) is 0 Å². The van der Waals surface area contributed by atoms with E-state index in [-0.39, 0.29) is 44.7 Å². The summed E-state index contributed by atoms with van der Waals surface area (Å²) in [6.45, 7) is 1.77. The molecule has 0 radical (unpaired) electrons. The SMILES string of the molecule is C[C@H](OC(=O)CCCN1C(=O)CN(C)C1=O)C(=O)Nc1ccc2c(c1)OCO2. The minimum absolute atomic E-state index is 0.0115. The lowest BCUT2D eigenvalue weighted by Crippen LogP contribution is -2.33. The van der Waals surface area contributed by atoms with Crippen molar-refractivity contribution in [2.24, 2.45) is 0 Å². The number of carbonyl (C=O) groups is 4. The zero-order valence-corrected chi connectivity index (χ0v) is 15.6. The van der Waals surface area contributed by atoms with Crippen LogP contribution in [0.15, 0.2) is 18.2 Å². The molecule has 4 amide bonds. The van der Waals surface area contributed by atoms with Crippen molar-refractivity contribution in [3.63, 3.8) is 0 Å². The van der Waals surface area contributed by atoms with Crippen molar-refractivity contribution < 1.29 is 33.4 Å². The lowest BCUT2D eigenvalue weighted by molar-refractivity contribution is -0.153. The molecule has 150 valence electrons. The fraction of sp³-hybridized carbons (Fsp3) is 0.444. The Bertz CT molecular complexity index is 810. The van der Waals surface area contributed by atoms with Gasteiger partial charge in [0.05, 0.1) is 0 Å². The number of hydrogen-bond acceptors (Lipinski definition) is 7. The summed E-state index contributed by atoms with van der Waals surface area (Å²) < 4.78 is 15.6. The van der Waals surface area contributed by atoms with Crippen LogP contribution in [0.5, 0.6) is 11.5 Å². The van der Waals surface area contributed by atoms with Crippen LogP contribution in [0.1, 0.15) is 19.8 Å². The van der Waals surface area contributed by atoms with Crippen molar-refractivity contribution in [1.82, 2.24) is 9.80 Å². The van der Waals surface area contributed by atoms with Crippen LogP contribution in [0, 0.1) is 0 Å². The molecule has 1 N–H and O–H groups in total. The van der Waals surface area contributed by atoms with Gasteiger partial charge in [0.1, 0.15) is 6.54 Å². The molecule has 2 aliphatic heterocycles. The first-order chi connectivity index (χ1) is 13.3. The van der Waals surface area contributed by atoms with E-state index in [4.69, 9.17) is 14.2 Å². The Morgan fingerprint density at radius 1 is 1.25 bits per heavy atom. The van der Waals surface area contributed by atoms with Crippen molar-refractivity contribution in [1.29, 1.82) is 0 Å². The molecule has 10 nitrogen and oxygen atoms in total. The summed E-state index contributed by atoms with van der Waals surface area (Å²) in [6, 6.07) is 4.57. The Labute approximate surface area is 161 Å². The molecule has 0 saturated carbocycles. The third-order valence-electron chi connectivity index (χ3n) is 4.31. The van der Waals surface area contributed by atoms with E-state index < -0.39 is 18.0 Å². The molecule has 0 unspecified atom stereocenters. The molecular formula is C18H21N3O7. The topological polar surface area (TPSA) is 114 Å². The second-order valence-corrected chi connectivity index (χ2v) is 6.48. The molecule has 28 heavy (non-hydrogen) atoms. The normalized spacial score (nSPS) is 16.4. The molecule has 1 fully saturated rings. The van der Waals surface area contributed by atoms with Crippen molar-refractivity contribution >= 4 is 29.5 Å². The summed E-state index contributed by atoms with van der Waals surface area (Å²) in [6.07, 6.45) is -0.748. The van der Waals surface area contributed by atoms with Gasteiger partial charge in [0.25, 0.3) is 5.91 Å². The molecule has 3 rings (SSSR count). The van der Waals surface area contributed by atoms with Gasteiger partial charge in [0.2, 0.25) is 12.7 Å². The molecule has 1 atom stereocenters. The summed E-state index contributed by atoms with van der Waals surface area (Å²) in [5.74, 6) is -0.241. The van der Waals surface area contributed by atoms with Gasteiger partial charge in [-0.15, -0.1) is 0 Å². The molecular weight excluding hydrogens is 370 g/mol.